The molecule has 2 aromatic rings. The topological polar surface area (TPSA) is 73.8 Å². The third-order valence-electron chi connectivity index (χ3n) is 2.41. The molecule has 18 heavy (non-hydrogen) atoms. The van der Waals surface area contributed by atoms with Gasteiger partial charge in [-0.3, -0.25) is 9.48 Å². The molecule has 0 bridgehead atoms. The molecule has 0 aliphatic rings. The molecule has 0 fully saturated rings. The number of carbonyl (C=O) groups is 1. The van der Waals surface area contributed by atoms with E-state index in [1.807, 2.05) is 13.8 Å². The highest BCUT2D eigenvalue weighted by molar-refractivity contribution is 9.10. The van der Waals surface area contributed by atoms with Gasteiger partial charge in [0.15, 0.2) is 0 Å². The third kappa shape index (κ3) is 2.38. The van der Waals surface area contributed by atoms with Crippen molar-refractivity contribution < 1.29 is 4.79 Å². The smallest absolute Gasteiger partial charge is 0.231 e. The lowest BCUT2D eigenvalue weighted by atomic mass is 10.2. The van der Waals surface area contributed by atoms with Crippen molar-refractivity contribution in [2.45, 2.75) is 26.4 Å². The van der Waals surface area contributed by atoms with Crippen LogP contribution in [0.1, 0.15) is 41.1 Å². The highest BCUT2D eigenvalue weighted by atomic mass is 79.9. The van der Waals surface area contributed by atoms with Crippen molar-refractivity contribution in [3.8, 4) is 0 Å². The Bertz CT molecular complexity index is 575. The van der Waals surface area contributed by atoms with Gasteiger partial charge in [0.2, 0.25) is 5.78 Å². The van der Waals surface area contributed by atoms with Crippen LogP contribution < -0.4 is 5.73 Å². The highest BCUT2D eigenvalue weighted by Crippen LogP contribution is 2.23. The second-order valence-electron chi connectivity index (χ2n) is 4.04. The Morgan fingerprint density at radius 1 is 1.61 bits per heavy atom. The second-order valence-corrected chi connectivity index (χ2v) is 5.84. The number of rotatable bonds is 4. The molecule has 96 valence electrons. The first kappa shape index (κ1) is 13.4. The van der Waals surface area contributed by atoms with Crippen LogP contribution >= 0.6 is 27.3 Å². The Kier molecular flexibility index (Phi) is 3.94. The minimum atomic E-state index is -0.135. The zero-order chi connectivity index (χ0) is 13.3. The Morgan fingerprint density at radius 2 is 2.33 bits per heavy atom. The van der Waals surface area contributed by atoms with Crippen molar-refractivity contribution in [1.82, 2.24) is 14.8 Å². The van der Waals surface area contributed by atoms with Crippen LogP contribution in [0.25, 0.3) is 0 Å². The summed E-state index contributed by atoms with van der Waals surface area (Å²) >= 11 is 4.75. The first-order valence-electron chi connectivity index (χ1n) is 5.46. The van der Waals surface area contributed by atoms with Gasteiger partial charge in [0.05, 0.1) is 10.7 Å². The van der Waals surface area contributed by atoms with Gasteiger partial charge in [-0.25, -0.2) is 4.98 Å². The average Bonchev–Trinajstić information content (AvgIpc) is 2.94. The molecular formula is C11H13BrN4OS. The lowest BCUT2D eigenvalue weighted by Gasteiger charge is -2.09. The van der Waals surface area contributed by atoms with Gasteiger partial charge in [-0.05, 0) is 29.8 Å². The zero-order valence-corrected chi connectivity index (χ0v) is 12.5. The van der Waals surface area contributed by atoms with Gasteiger partial charge < -0.3 is 5.73 Å². The van der Waals surface area contributed by atoms with Crippen molar-refractivity contribution in [2.24, 2.45) is 5.73 Å². The minimum Gasteiger partial charge on any atom is -0.325 e. The summed E-state index contributed by atoms with van der Waals surface area (Å²) in [6, 6.07) is 0.114. The number of ketones is 1. The fraction of sp³-hybridized carbons (Fsp3) is 0.364. The number of hydrogen-bond acceptors (Lipinski definition) is 5. The molecule has 0 saturated carbocycles. The van der Waals surface area contributed by atoms with Crippen LogP contribution in [0.2, 0.25) is 0 Å². The maximum atomic E-state index is 12.4. The Morgan fingerprint density at radius 3 is 2.89 bits per heavy atom. The van der Waals surface area contributed by atoms with Gasteiger partial charge in [0.25, 0.3) is 0 Å². The van der Waals surface area contributed by atoms with Gasteiger partial charge in [-0.2, -0.15) is 5.10 Å². The first-order valence-corrected chi connectivity index (χ1v) is 7.14. The first-order chi connectivity index (χ1) is 8.54. The summed E-state index contributed by atoms with van der Waals surface area (Å²) in [5.41, 5.74) is 6.45. The molecule has 0 atom stereocenters. The molecule has 2 rings (SSSR count). The van der Waals surface area contributed by atoms with E-state index < -0.39 is 0 Å². The predicted octanol–water partition coefficient (Wildman–Crippen LogP) is 2.37. The van der Waals surface area contributed by atoms with E-state index in [2.05, 4.69) is 26.0 Å². The highest BCUT2D eigenvalue weighted by Gasteiger charge is 2.22. The summed E-state index contributed by atoms with van der Waals surface area (Å²) in [6.07, 6.45) is 1.63. The normalized spacial score (nSPS) is 11.2. The summed E-state index contributed by atoms with van der Waals surface area (Å²) < 4.78 is 2.37. The maximum absolute atomic E-state index is 12.4. The van der Waals surface area contributed by atoms with E-state index in [9.17, 15) is 4.79 Å². The van der Waals surface area contributed by atoms with E-state index in [4.69, 9.17) is 5.73 Å². The molecular weight excluding hydrogens is 316 g/mol. The quantitative estimate of drug-likeness (QED) is 0.874. The summed E-state index contributed by atoms with van der Waals surface area (Å²) in [4.78, 5) is 16.6. The van der Waals surface area contributed by atoms with Crippen LogP contribution in [0.3, 0.4) is 0 Å². The average molecular weight is 329 g/mol. The van der Waals surface area contributed by atoms with Crippen LogP contribution in [0.4, 0.5) is 0 Å². The maximum Gasteiger partial charge on any atom is 0.231 e. The van der Waals surface area contributed by atoms with Crippen LogP contribution in [0.5, 0.6) is 0 Å². The predicted molar refractivity (Wildman–Crippen MR) is 73.7 cm³/mol. The van der Waals surface area contributed by atoms with Gasteiger partial charge in [-0.15, -0.1) is 11.3 Å². The van der Waals surface area contributed by atoms with E-state index in [0.29, 0.717) is 22.4 Å². The van der Waals surface area contributed by atoms with Gasteiger partial charge >= 0.3 is 0 Å². The molecule has 0 aliphatic carbocycles. The second kappa shape index (κ2) is 5.29. The summed E-state index contributed by atoms with van der Waals surface area (Å²) in [6.45, 7) is 4.30. The molecule has 0 aromatic carbocycles. The number of nitrogens with two attached hydrogens (primary N) is 1. The number of hydrogen-bond donors (Lipinski definition) is 1. The fourth-order valence-electron chi connectivity index (χ4n) is 1.58. The summed E-state index contributed by atoms with van der Waals surface area (Å²) in [7, 11) is 0. The molecule has 0 saturated heterocycles. The number of carbonyl (C=O) groups excluding carboxylic acids is 1. The van der Waals surface area contributed by atoms with Crippen LogP contribution in [-0.4, -0.2) is 20.5 Å². The van der Waals surface area contributed by atoms with Crippen LogP contribution in [0, 0.1) is 0 Å². The monoisotopic (exact) mass is 328 g/mol. The minimum absolute atomic E-state index is 0.114. The van der Waals surface area contributed by atoms with Gasteiger partial charge in [-0.1, -0.05) is 0 Å². The summed E-state index contributed by atoms with van der Waals surface area (Å²) in [5, 5.41) is 6.67. The van der Waals surface area contributed by atoms with Crippen molar-refractivity contribution in [1.29, 1.82) is 0 Å². The van der Waals surface area contributed by atoms with Gasteiger partial charge in [0.1, 0.15) is 16.4 Å². The molecule has 0 amide bonds. The number of nitrogens with zero attached hydrogens (tertiary/aromatic N) is 3. The molecule has 0 unspecified atom stereocenters. The van der Waals surface area contributed by atoms with Crippen molar-refractivity contribution >= 4 is 33.0 Å². The van der Waals surface area contributed by atoms with E-state index in [1.165, 1.54) is 11.3 Å². The van der Waals surface area contributed by atoms with Crippen molar-refractivity contribution in [2.75, 3.05) is 0 Å². The van der Waals surface area contributed by atoms with Gasteiger partial charge in [0, 0.05) is 18.0 Å². The Hall–Kier alpha value is -1.05. The van der Waals surface area contributed by atoms with E-state index in [-0.39, 0.29) is 11.8 Å². The molecule has 2 N–H and O–H groups in total. The summed E-state index contributed by atoms with van der Waals surface area (Å²) in [5.74, 6) is -0.135. The molecule has 2 heterocycles. The lowest BCUT2D eigenvalue weighted by molar-refractivity contribution is 0.102. The number of thiazole rings is 1. The lowest BCUT2D eigenvalue weighted by Crippen LogP contribution is -2.14. The SMILES string of the molecule is CC(C)n1ncc(Br)c1C(=O)c1csc(CN)n1. The van der Waals surface area contributed by atoms with Crippen molar-refractivity contribution in [3.63, 3.8) is 0 Å². The fourth-order valence-corrected chi connectivity index (χ4v) is 2.68. The molecule has 7 heteroatoms. The third-order valence-corrected chi connectivity index (χ3v) is 3.87. The van der Waals surface area contributed by atoms with Crippen LogP contribution in [-0.2, 0) is 6.54 Å². The van der Waals surface area contributed by atoms with E-state index in [0.717, 1.165) is 5.01 Å². The van der Waals surface area contributed by atoms with Crippen LogP contribution in [0.15, 0.2) is 16.0 Å². The number of halogens is 1. The molecule has 5 nitrogen and oxygen atoms in total. The van der Waals surface area contributed by atoms with Crippen molar-refractivity contribution in [3.05, 3.63) is 32.4 Å². The Balaban J connectivity index is 2.42. The molecule has 0 radical (unpaired) electrons. The molecule has 2 aromatic heterocycles. The Labute approximate surface area is 117 Å². The molecule has 0 aliphatic heterocycles. The molecule has 0 spiro atoms. The van der Waals surface area contributed by atoms with E-state index >= 15 is 0 Å². The largest absolute Gasteiger partial charge is 0.325 e. The van der Waals surface area contributed by atoms with E-state index in [1.54, 1.807) is 16.3 Å². The number of aromatic nitrogens is 3. The zero-order valence-electron chi connectivity index (χ0n) is 10.1. The standard InChI is InChI=1S/C11H13BrN4OS/c1-6(2)16-10(7(12)4-14-16)11(17)8-5-18-9(3-13)15-8/h4-6H,3,13H2,1-2H3.